The number of benzene rings is 2. The molecule has 2 aromatic rings. The van der Waals surface area contributed by atoms with Crippen LogP contribution in [0.1, 0.15) is 36.3 Å². The summed E-state index contributed by atoms with van der Waals surface area (Å²) >= 11 is 0. The normalized spacial score (nSPS) is 27.1. The van der Waals surface area contributed by atoms with E-state index in [4.69, 9.17) is 9.84 Å². The Labute approximate surface area is 198 Å². The number of amides is 2. The molecule has 0 spiro atoms. The highest BCUT2D eigenvalue weighted by Crippen LogP contribution is 2.50. The van der Waals surface area contributed by atoms with Gasteiger partial charge >= 0.3 is 12.1 Å². The molecule has 176 valence electrons. The number of nitrogens with one attached hydrogen (secondary N) is 1. The van der Waals surface area contributed by atoms with Gasteiger partial charge in [-0.2, -0.15) is 0 Å². The highest BCUT2D eigenvalue weighted by atomic mass is 16.5. The maximum atomic E-state index is 12.7. The molecule has 2 saturated carbocycles. The van der Waals surface area contributed by atoms with Crippen molar-refractivity contribution < 1.29 is 24.2 Å². The molecule has 0 radical (unpaired) electrons. The Balaban J connectivity index is 1.02. The Morgan fingerprint density at radius 3 is 2.21 bits per heavy atom. The van der Waals surface area contributed by atoms with Crippen LogP contribution in [0, 0.1) is 23.7 Å². The van der Waals surface area contributed by atoms with Crippen molar-refractivity contribution in [3.8, 4) is 11.1 Å². The minimum atomic E-state index is -0.831. The van der Waals surface area contributed by atoms with E-state index in [9.17, 15) is 14.4 Å². The predicted octanol–water partition coefficient (Wildman–Crippen LogP) is 3.48. The summed E-state index contributed by atoms with van der Waals surface area (Å²) in [6, 6.07) is 16.6. The molecule has 4 aliphatic rings. The zero-order chi connectivity index (χ0) is 23.4. The lowest BCUT2D eigenvalue weighted by Crippen LogP contribution is -2.54. The third-order valence-electron chi connectivity index (χ3n) is 8.36. The highest BCUT2D eigenvalue weighted by Gasteiger charge is 2.51. The molecule has 3 aliphatic carbocycles. The van der Waals surface area contributed by atoms with Gasteiger partial charge in [-0.15, -0.1) is 0 Å². The smallest absolute Gasteiger partial charge is 0.407 e. The summed E-state index contributed by atoms with van der Waals surface area (Å²) < 4.78 is 5.69. The minimum absolute atomic E-state index is 0.0342. The lowest BCUT2D eigenvalue weighted by Gasteiger charge is -2.40. The van der Waals surface area contributed by atoms with Crippen molar-refractivity contribution in [2.45, 2.75) is 31.2 Å². The first-order chi connectivity index (χ1) is 16.5. The molecule has 2 aromatic carbocycles. The largest absolute Gasteiger partial charge is 0.481 e. The standard InChI is InChI=1S/C27H28N2O5/c30-25(29-12-17(13-29)26(31)32)16-9-15-11-24(22(15)10-16)28-27(33)34-14-23-20-7-3-1-5-18(20)19-6-2-4-8-21(19)23/h1-8,15-17,22-24H,9-14H2,(H,28,33)(H,31,32)/t15-,16?,22-,24+/m1/s1. The number of carboxylic acid groups (broad SMARTS) is 1. The molecule has 4 atom stereocenters. The monoisotopic (exact) mass is 460 g/mol. The van der Waals surface area contributed by atoms with Gasteiger partial charge in [0.2, 0.25) is 5.91 Å². The van der Waals surface area contributed by atoms with Gasteiger partial charge in [0, 0.05) is 31.0 Å². The van der Waals surface area contributed by atoms with Gasteiger partial charge in [-0.3, -0.25) is 9.59 Å². The van der Waals surface area contributed by atoms with Crippen molar-refractivity contribution >= 4 is 18.0 Å². The van der Waals surface area contributed by atoms with Crippen LogP contribution in [0.15, 0.2) is 48.5 Å². The Kier molecular flexibility index (Phi) is 5.08. The lowest BCUT2D eigenvalue weighted by molar-refractivity contribution is -0.154. The number of alkyl carbamates (subject to hydrolysis) is 1. The fourth-order valence-corrected chi connectivity index (χ4v) is 6.46. The Morgan fingerprint density at radius 1 is 0.912 bits per heavy atom. The SMILES string of the molecule is O=C(N[C@H]1C[C@H]2CC(C(=O)N3CC(C(=O)O)C3)C[C@H]21)OCC1c2ccccc2-c2ccccc21. The number of likely N-dealkylation sites (tertiary alicyclic amines) is 1. The van der Waals surface area contributed by atoms with E-state index in [0.29, 0.717) is 31.5 Å². The molecule has 1 saturated heterocycles. The average molecular weight is 461 g/mol. The first-order valence-corrected chi connectivity index (χ1v) is 12.1. The summed E-state index contributed by atoms with van der Waals surface area (Å²) in [4.78, 5) is 38.0. The van der Waals surface area contributed by atoms with E-state index in [-0.39, 0.29) is 23.8 Å². The fraction of sp³-hybridized carbons (Fsp3) is 0.444. The summed E-state index contributed by atoms with van der Waals surface area (Å²) in [6.45, 7) is 0.935. The van der Waals surface area contributed by atoms with E-state index in [1.807, 2.05) is 24.3 Å². The second-order valence-corrected chi connectivity index (χ2v) is 10.2. The van der Waals surface area contributed by atoms with Crippen LogP contribution in [-0.2, 0) is 14.3 Å². The van der Waals surface area contributed by atoms with Crippen molar-refractivity contribution in [2.75, 3.05) is 19.7 Å². The number of aliphatic carboxylic acids is 1. The van der Waals surface area contributed by atoms with Crippen LogP contribution in [-0.4, -0.2) is 53.7 Å². The van der Waals surface area contributed by atoms with Crippen LogP contribution < -0.4 is 5.32 Å². The number of ether oxygens (including phenoxy) is 1. The summed E-state index contributed by atoms with van der Waals surface area (Å²) in [7, 11) is 0. The number of carbonyl (C=O) groups is 3. The first kappa shape index (κ1) is 21.2. The molecule has 7 heteroatoms. The maximum Gasteiger partial charge on any atom is 0.407 e. The fourth-order valence-electron chi connectivity index (χ4n) is 6.46. The van der Waals surface area contributed by atoms with Gasteiger partial charge in [0.1, 0.15) is 6.61 Å². The molecule has 1 unspecified atom stereocenters. The number of nitrogens with zero attached hydrogens (tertiary/aromatic N) is 1. The van der Waals surface area contributed by atoms with Gasteiger partial charge in [0.05, 0.1) is 5.92 Å². The van der Waals surface area contributed by atoms with E-state index < -0.39 is 18.0 Å². The molecule has 0 bridgehead atoms. The Morgan fingerprint density at radius 2 is 1.56 bits per heavy atom. The second-order valence-electron chi connectivity index (χ2n) is 10.2. The number of hydrogen-bond donors (Lipinski definition) is 2. The first-order valence-electron chi connectivity index (χ1n) is 12.1. The quantitative estimate of drug-likeness (QED) is 0.712. The van der Waals surface area contributed by atoms with Crippen molar-refractivity contribution in [3.63, 3.8) is 0 Å². The maximum absolute atomic E-state index is 12.7. The van der Waals surface area contributed by atoms with Crippen molar-refractivity contribution in [1.29, 1.82) is 0 Å². The predicted molar refractivity (Wildman–Crippen MR) is 124 cm³/mol. The average Bonchev–Trinajstić information content (AvgIpc) is 3.30. The summed E-state index contributed by atoms with van der Waals surface area (Å²) in [6.07, 6.45) is 2.07. The molecule has 0 aromatic heterocycles. The molecule has 7 nitrogen and oxygen atoms in total. The summed E-state index contributed by atoms with van der Waals surface area (Å²) in [5.41, 5.74) is 4.78. The van der Waals surface area contributed by atoms with Crippen molar-refractivity contribution in [1.82, 2.24) is 10.2 Å². The molecule has 6 rings (SSSR count). The Bertz CT molecular complexity index is 1110. The van der Waals surface area contributed by atoms with Crippen LogP contribution in [0.3, 0.4) is 0 Å². The third-order valence-corrected chi connectivity index (χ3v) is 8.36. The molecular weight excluding hydrogens is 432 g/mol. The molecular formula is C27H28N2O5. The lowest BCUT2D eigenvalue weighted by atomic mass is 9.71. The summed E-state index contributed by atoms with van der Waals surface area (Å²) in [5.74, 6) is -0.457. The van der Waals surface area contributed by atoms with Gasteiger partial charge < -0.3 is 20.1 Å². The van der Waals surface area contributed by atoms with Crippen LogP contribution in [0.5, 0.6) is 0 Å². The molecule has 1 heterocycles. The van der Waals surface area contributed by atoms with Crippen LogP contribution >= 0.6 is 0 Å². The van der Waals surface area contributed by atoms with Gasteiger partial charge in [0.25, 0.3) is 0 Å². The molecule has 1 aliphatic heterocycles. The number of fused-ring (bicyclic) bond motifs is 4. The van der Waals surface area contributed by atoms with Gasteiger partial charge in [-0.25, -0.2) is 4.79 Å². The van der Waals surface area contributed by atoms with Crippen molar-refractivity contribution in [3.05, 3.63) is 59.7 Å². The zero-order valence-corrected chi connectivity index (χ0v) is 18.9. The van der Waals surface area contributed by atoms with E-state index in [2.05, 4.69) is 29.6 Å². The van der Waals surface area contributed by atoms with Crippen molar-refractivity contribution in [2.24, 2.45) is 23.7 Å². The summed E-state index contributed by atoms with van der Waals surface area (Å²) in [5, 5.41) is 12.1. The molecule has 34 heavy (non-hydrogen) atoms. The van der Waals surface area contributed by atoms with E-state index in [1.165, 1.54) is 22.3 Å². The molecule has 2 N–H and O–H groups in total. The third kappa shape index (κ3) is 3.45. The van der Waals surface area contributed by atoms with E-state index in [0.717, 1.165) is 19.3 Å². The number of hydrogen-bond acceptors (Lipinski definition) is 4. The Hall–Kier alpha value is -3.35. The minimum Gasteiger partial charge on any atom is -0.481 e. The highest BCUT2D eigenvalue weighted by molar-refractivity contribution is 5.83. The number of carbonyl (C=O) groups excluding carboxylic acids is 2. The number of rotatable bonds is 5. The zero-order valence-electron chi connectivity index (χ0n) is 18.9. The molecule has 3 fully saturated rings. The number of carboxylic acids is 1. The van der Waals surface area contributed by atoms with Crippen LogP contribution in [0.25, 0.3) is 11.1 Å². The molecule has 2 amide bonds. The van der Waals surface area contributed by atoms with Gasteiger partial charge in [0.15, 0.2) is 0 Å². The second kappa shape index (κ2) is 8.15. The topological polar surface area (TPSA) is 95.9 Å². The van der Waals surface area contributed by atoms with E-state index >= 15 is 0 Å². The van der Waals surface area contributed by atoms with Gasteiger partial charge in [-0.05, 0) is 53.4 Å². The van der Waals surface area contributed by atoms with Crippen LogP contribution in [0.2, 0.25) is 0 Å². The van der Waals surface area contributed by atoms with Gasteiger partial charge in [-0.1, -0.05) is 48.5 Å². The van der Waals surface area contributed by atoms with E-state index in [1.54, 1.807) is 4.90 Å². The van der Waals surface area contributed by atoms with Crippen LogP contribution in [0.4, 0.5) is 4.79 Å².